The number of rotatable bonds is 3. The molecule has 0 spiro atoms. The van der Waals surface area contributed by atoms with Crippen molar-refractivity contribution in [3.8, 4) is 0 Å². The van der Waals surface area contributed by atoms with E-state index in [-0.39, 0.29) is 5.91 Å². The number of hydrogen-bond donors (Lipinski definition) is 1. The molecule has 2 N–H and O–H groups in total. The number of benzene rings is 1. The first-order valence-corrected chi connectivity index (χ1v) is 6.18. The van der Waals surface area contributed by atoms with E-state index in [4.69, 9.17) is 5.73 Å². The number of amides is 1. The number of nitrogen functional groups attached to an aromatic ring is 1. The van der Waals surface area contributed by atoms with Gasteiger partial charge in [-0.25, -0.2) is 0 Å². The summed E-state index contributed by atoms with van der Waals surface area (Å²) in [6, 6.07) is 11.3. The Morgan fingerprint density at radius 1 is 1.29 bits per heavy atom. The van der Waals surface area contributed by atoms with Gasteiger partial charge in [0.1, 0.15) is 0 Å². The molecule has 0 unspecified atom stereocenters. The van der Waals surface area contributed by atoms with Crippen molar-refractivity contribution in [2.45, 2.75) is 6.54 Å². The van der Waals surface area contributed by atoms with Crippen LogP contribution >= 0.6 is 11.3 Å². The molecule has 4 heteroatoms. The molecule has 0 aliphatic rings. The Kier molecular flexibility index (Phi) is 3.44. The quantitative estimate of drug-likeness (QED) is 0.846. The van der Waals surface area contributed by atoms with E-state index in [2.05, 4.69) is 0 Å². The van der Waals surface area contributed by atoms with E-state index in [1.54, 1.807) is 11.9 Å². The van der Waals surface area contributed by atoms with Crippen LogP contribution in [0.1, 0.15) is 15.2 Å². The van der Waals surface area contributed by atoms with Crippen molar-refractivity contribution < 1.29 is 4.79 Å². The summed E-state index contributed by atoms with van der Waals surface area (Å²) >= 11 is 1.46. The Balaban J connectivity index is 2.04. The average Bonchev–Trinajstić information content (AvgIpc) is 2.84. The zero-order chi connectivity index (χ0) is 12.3. The predicted octanol–water partition coefficient (Wildman–Crippen LogP) is 2.60. The third kappa shape index (κ3) is 2.85. The smallest absolute Gasteiger partial charge is 0.263 e. The molecule has 0 saturated carbocycles. The van der Waals surface area contributed by atoms with Gasteiger partial charge in [0.15, 0.2) is 0 Å². The predicted molar refractivity (Wildman–Crippen MR) is 71.0 cm³/mol. The van der Waals surface area contributed by atoms with Crippen LogP contribution in [-0.4, -0.2) is 17.9 Å². The summed E-state index contributed by atoms with van der Waals surface area (Å²) < 4.78 is 0. The van der Waals surface area contributed by atoms with Gasteiger partial charge in [-0.1, -0.05) is 18.2 Å². The van der Waals surface area contributed by atoms with Gasteiger partial charge < -0.3 is 10.6 Å². The molecule has 0 radical (unpaired) electrons. The second kappa shape index (κ2) is 5.01. The third-order valence-corrected chi connectivity index (χ3v) is 3.34. The van der Waals surface area contributed by atoms with Crippen LogP contribution in [0.2, 0.25) is 0 Å². The van der Waals surface area contributed by atoms with Gasteiger partial charge in [0, 0.05) is 19.3 Å². The summed E-state index contributed by atoms with van der Waals surface area (Å²) in [7, 11) is 1.80. The van der Waals surface area contributed by atoms with E-state index < -0.39 is 0 Å². The van der Waals surface area contributed by atoms with Gasteiger partial charge in [-0.2, -0.15) is 0 Å². The second-order valence-corrected chi connectivity index (χ2v) is 4.83. The summed E-state index contributed by atoms with van der Waals surface area (Å²) in [5, 5.41) is 1.91. The van der Waals surface area contributed by atoms with Gasteiger partial charge in [0.25, 0.3) is 5.91 Å². The fourth-order valence-corrected chi connectivity index (χ4v) is 2.27. The molecular formula is C13H14N2OS. The molecule has 0 aliphatic carbocycles. The molecule has 0 atom stereocenters. The molecule has 1 heterocycles. The molecule has 1 amide bonds. The number of hydrogen-bond acceptors (Lipinski definition) is 3. The van der Waals surface area contributed by atoms with Crippen LogP contribution in [-0.2, 0) is 6.54 Å². The Labute approximate surface area is 104 Å². The summed E-state index contributed by atoms with van der Waals surface area (Å²) in [4.78, 5) is 14.5. The van der Waals surface area contributed by atoms with Crippen molar-refractivity contribution >= 4 is 22.9 Å². The largest absolute Gasteiger partial charge is 0.399 e. The summed E-state index contributed by atoms with van der Waals surface area (Å²) in [6.45, 7) is 0.594. The zero-order valence-electron chi connectivity index (χ0n) is 9.59. The first kappa shape index (κ1) is 11.7. The molecule has 1 aromatic carbocycles. The Bertz CT molecular complexity index is 491. The summed E-state index contributed by atoms with van der Waals surface area (Å²) in [5.74, 6) is 0.0526. The highest BCUT2D eigenvalue weighted by molar-refractivity contribution is 7.12. The van der Waals surface area contributed by atoms with Gasteiger partial charge in [-0.05, 0) is 29.1 Å². The van der Waals surface area contributed by atoms with Gasteiger partial charge in [0.05, 0.1) is 4.88 Å². The molecule has 0 bridgehead atoms. The fourth-order valence-electron chi connectivity index (χ4n) is 1.56. The maximum atomic E-state index is 12.0. The average molecular weight is 246 g/mol. The van der Waals surface area contributed by atoms with Gasteiger partial charge in [0.2, 0.25) is 0 Å². The Hall–Kier alpha value is -1.81. The molecule has 2 aromatic rings. The topological polar surface area (TPSA) is 46.3 Å². The first-order valence-electron chi connectivity index (χ1n) is 5.30. The van der Waals surface area contributed by atoms with Gasteiger partial charge >= 0.3 is 0 Å². The number of carbonyl (C=O) groups is 1. The monoisotopic (exact) mass is 246 g/mol. The first-order chi connectivity index (χ1) is 8.16. The Morgan fingerprint density at radius 2 is 2.00 bits per heavy atom. The second-order valence-electron chi connectivity index (χ2n) is 3.88. The normalized spacial score (nSPS) is 10.2. The molecule has 3 nitrogen and oxygen atoms in total. The maximum absolute atomic E-state index is 12.0. The molecule has 0 aliphatic heterocycles. The van der Waals surface area contributed by atoms with Crippen LogP contribution in [0.4, 0.5) is 5.69 Å². The van der Waals surface area contributed by atoms with Crippen LogP contribution < -0.4 is 5.73 Å². The van der Waals surface area contributed by atoms with Crippen molar-refractivity contribution in [2.75, 3.05) is 12.8 Å². The van der Waals surface area contributed by atoms with E-state index in [0.29, 0.717) is 6.54 Å². The van der Waals surface area contributed by atoms with E-state index in [1.807, 2.05) is 41.8 Å². The number of nitrogens with zero attached hydrogens (tertiary/aromatic N) is 1. The van der Waals surface area contributed by atoms with Crippen molar-refractivity contribution in [1.29, 1.82) is 0 Å². The molecule has 0 fully saturated rings. The van der Waals surface area contributed by atoms with Crippen molar-refractivity contribution in [2.24, 2.45) is 0 Å². The zero-order valence-corrected chi connectivity index (χ0v) is 10.4. The number of anilines is 1. The van der Waals surface area contributed by atoms with E-state index >= 15 is 0 Å². The summed E-state index contributed by atoms with van der Waals surface area (Å²) in [6.07, 6.45) is 0. The molecule has 17 heavy (non-hydrogen) atoms. The van der Waals surface area contributed by atoms with Gasteiger partial charge in [-0.3, -0.25) is 4.79 Å². The maximum Gasteiger partial charge on any atom is 0.263 e. The third-order valence-electron chi connectivity index (χ3n) is 2.48. The summed E-state index contributed by atoms with van der Waals surface area (Å²) in [5.41, 5.74) is 7.43. The van der Waals surface area contributed by atoms with Gasteiger partial charge in [-0.15, -0.1) is 11.3 Å². The number of carbonyl (C=O) groups excluding carboxylic acids is 1. The molecule has 0 saturated heterocycles. The van der Waals surface area contributed by atoms with Crippen LogP contribution in [0.3, 0.4) is 0 Å². The molecule has 1 aromatic heterocycles. The molecule has 2 rings (SSSR count). The number of thiophene rings is 1. The number of nitrogens with two attached hydrogens (primary N) is 1. The molecular weight excluding hydrogens is 232 g/mol. The molecule has 88 valence electrons. The van der Waals surface area contributed by atoms with E-state index in [9.17, 15) is 4.79 Å². The highest BCUT2D eigenvalue weighted by Gasteiger charge is 2.12. The minimum absolute atomic E-state index is 0.0526. The fraction of sp³-hybridized carbons (Fsp3) is 0.154. The highest BCUT2D eigenvalue weighted by Crippen LogP contribution is 2.14. The van der Waals surface area contributed by atoms with Crippen LogP contribution in [0.5, 0.6) is 0 Å². The van der Waals surface area contributed by atoms with Crippen LogP contribution in [0.15, 0.2) is 41.8 Å². The SMILES string of the molecule is CN(Cc1ccc(N)cc1)C(=O)c1cccs1. The lowest BCUT2D eigenvalue weighted by molar-refractivity contribution is 0.0790. The van der Waals surface area contributed by atoms with Crippen molar-refractivity contribution in [1.82, 2.24) is 4.90 Å². The minimum atomic E-state index is 0.0526. The standard InChI is InChI=1S/C13H14N2OS/c1-15(13(16)12-3-2-8-17-12)9-10-4-6-11(14)7-5-10/h2-8H,9,14H2,1H3. The van der Waals surface area contributed by atoms with E-state index in [1.165, 1.54) is 11.3 Å². The van der Waals surface area contributed by atoms with Crippen LogP contribution in [0, 0.1) is 0 Å². The van der Waals surface area contributed by atoms with Crippen LogP contribution in [0.25, 0.3) is 0 Å². The minimum Gasteiger partial charge on any atom is -0.399 e. The van der Waals surface area contributed by atoms with E-state index in [0.717, 1.165) is 16.1 Å². The van der Waals surface area contributed by atoms with Crippen molar-refractivity contribution in [3.05, 3.63) is 52.2 Å². The highest BCUT2D eigenvalue weighted by atomic mass is 32.1. The van der Waals surface area contributed by atoms with Crippen molar-refractivity contribution in [3.63, 3.8) is 0 Å². The lowest BCUT2D eigenvalue weighted by Crippen LogP contribution is -2.25. The lowest BCUT2D eigenvalue weighted by Gasteiger charge is -2.16. The Morgan fingerprint density at radius 3 is 2.59 bits per heavy atom. The lowest BCUT2D eigenvalue weighted by atomic mass is 10.2.